The number of aromatic nitrogens is 2. The van der Waals surface area contributed by atoms with Crippen molar-refractivity contribution in [2.45, 2.75) is 0 Å². The SMILES string of the molecule is Cn1cnc(C(=O)O)c1-c1ccc(F)cc1F. The lowest BCUT2D eigenvalue weighted by Crippen LogP contribution is -2.02. The van der Waals surface area contributed by atoms with Gasteiger partial charge in [-0.25, -0.2) is 18.6 Å². The number of rotatable bonds is 2. The van der Waals surface area contributed by atoms with Crippen molar-refractivity contribution in [1.82, 2.24) is 9.55 Å². The highest BCUT2D eigenvalue weighted by Crippen LogP contribution is 2.25. The number of carbonyl (C=O) groups is 1. The van der Waals surface area contributed by atoms with E-state index in [1.165, 1.54) is 24.0 Å². The molecular weight excluding hydrogens is 230 g/mol. The third-order valence-corrected chi connectivity index (χ3v) is 2.33. The highest BCUT2D eigenvalue weighted by molar-refractivity contribution is 5.93. The quantitative estimate of drug-likeness (QED) is 0.871. The van der Waals surface area contributed by atoms with Gasteiger partial charge >= 0.3 is 5.97 Å². The molecule has 0 unspecified atom stereocenters. The molecule has 0 aliphatic heterocycles. The Morgan fingerprint density at radius 2 is 2.12 bits per heavy atom. The van der Waals surface area contributed by atoms with Gasteiger partial charge in [-0.2, -0.15) is 0 Å². The van der Waals surface area contributed by atoms with E-state index in [1.807, 2.05) is 0 Å². The molecule has 88 valence electrons. The maximum absolute atomic E-state index is 13.6. The van der Waals surface area contributed by atoms with Crippen LogP contribution in [0.3, 0.4) is 0 Å². The number of carboxylic acid groups (broad SMARTS) is 1. The van der Waals surface area contributed by atoms with Crippen molar-refractivity contribution in [2.24, 2.45) is 7.05 Å². The molecule has 4 nitrogen and oxygen atoms in total. The Balaban J connectivity index is 2.67. The largest absolute Gasteiger partial charge is 0.476 e. The summed E-state index contributed by atoms with van der Waals surface area (Å²) in [5.41, 5.74) is -0.156. The Morgan fingerprint density at radius 3 is 2.71 bits per heavy atom. The van der Waals surface area contributed by atoms with Gasteiger partial charge in [0.05, 0.1) is 12.0 Å². The van der Waals surface area contributed by atoms with E-state index in [9.17, 15) is 13.6 Å². The summed E-state index contributed by atoms with van der Waals surface area (Å²) in [4.78, 5) is 14.6. The molecule has 0 bridgehead atoms. The van der Waals surface area contributed by atoms with Crippen molar-refractivity contribution in [3.8, 4) is 11.3 Å². The molecule has 0 saturated heterocycles. The Labute approximate surface area is 95.1 Å². The molecular formula is C11H8F2N2O2. The molecule has 0 fully saturated rings. The number of aryl methyl sites for hydroxylation is 1. The highest BCUT2D eigenvalue weighted by atomic mass is 19.1. The lowest BCUT2D eigenvalue weighted by Gasteiger charge is -2.05. The second kappa shape index (κ2) is 3.97. The van der Waals surface area contributed by atoms with Crippen LogP contribution in [0.15, 0.2) is 24.5 Å². The van der Waals surface area contributed by atoms with Crippen molar-refractivity contribution in [3.63, 3.8) is 0 Å². The van der Waals surface area contributed by atoms with Gasteiger partial charge in [-0.05, 0) is 12.1 Å². The zero-order valence-electron chi connectivity index (χ0n) is 8.82. The van der Waals surface area contributed by atoms with Crippen LogP contribution in [0.2, 0.25) is 0 Å². The molecule has 0 amide bonds. The second-order valence-corrected chi connectivity index (χ2v) is 3.48. The van der Waals surface area contributed by atoms with Gasteiger partial charge in [0, 0.05) is 18.7 Å². The molecule has 2 rings (SSSR count). The lowest BCUT2D eigenvalue weighted by atomic mass is 10.1. The number of hydrogen-bond donors (Lipinski definition) is 1. The fraction of sp³-hybridized carbons (Fsp3) is 0.0909. The van der Waals surface area contributed by atoms with Crippen molar-refractivity contribution < 1.29 is 18.7 Å². The fourth-order valence-electron chi connectivity index (χ4n) is 1.59. The van der Waals surface area contributed by atoms with E-state index in [1.54, 1.807) is 0 Å². The molecule has 0 saturated carbocycles. The summed E-state index contributed by atoms with van der Waals surface area (Å²) >= 11 is 0. The number of aromatic carboxylic acids is 1. The molecule has 2 aromatic rings. The van der Waals surface area contributed by atoms with E-state index in [2.05, 4.69) is 4.98 Å². The molecule has 0 radical (unpaired) electrons. The minimum Gasteiger partial charge on any atom is -0.476 e. The van der Waals surface area contributed by atoms with Crippen molar-refractivity contribution in [1.29, 1.82) is 0 Å². The van der Waals surface area contributed by atoms with Crippen LogP contribution in [0.1, 0.15) is 10.5 Å². The molecule has 0 aliphatic rings. The normalized spacial score (nSPS) is 10.5. The molecule has 0 atom stereocenters. The summed E-state index contributed by atoms with van der Waals surface area (Å²) in [6.07, 6.45) is 1.27. The third kappa shape index (κ3) is 1.89. The molecule has 0 spiro atoms. The smallest absolute Gasteiger partial charge is 0.356 e. The first-order valence-corrected chi connectivity index (χ1v) is 4.70. The van der Waals surface area contributed by atoms with Crippen LogP contribution in [-0.4, -0.2) is 20.6 Å². The summed E-state index contributed by atoms with van der Waals surface area (Å²) in [6, 6.07) is 2.96. The van der Waals surface area contributed by atoms with Crippen LogP contribution in [0.4, 0.5) is 8.78 Å². The molecule has 1 heterocycles. The highest BCUT2D eigenvalue weighted by Gasteiger charge is 2.20. The van der Waals surface area contributed by atoms with E-state index in [0.717, 1.165) is 6.07 Å². The zero-order chi connectivity index (χ0) is 12.6. The van der Waals surface area contributed by atoms with Gasteiger partial charge in [0.1, 0.15) is 11.6 Å². The van der Waals surface area contributed by atoms with Crippen LogP contribution in [0.5, 0.6) is 0 Å². The predicted molar refractivity (Wildman–Crippen MR) is 55.5 cm³/mol. The zero-order valence-corrected chi connectivity index (χ0v) is 8.82. The van der Waals surface area contributed by atoms with E-state index < -0.39 is 17.6 Å². The first kappa shape index (κ1) is 11.3. The molecule has 1 aromatic heterocycles. The average molecular weight is 238 g/mol. The van der Waals surface area contributed by atoms with E-state index in [-0.39, 0.29) is 17.0 Å². The second-order valence-electron chi connectivity index (χ2n) is 3.48. The van der Waals surface area contributed by atoms with Crippen LogP contribution >= 0.6 is 0 Å². The van der Waals surface area contributed by atoms with Gasteiger partial charge in [-0.1, -0.05) is 0 Å². The summed E-state index contributed by atoms with van der Waals surface area (Å²) in [7, 11) is 1.54. The van der Waals surface area contributed by atoms with E-state index >= 15 is 0 Å². The average Bonchev–Trinajstić information content (AvgIpc) is 2.60. The minimum atomic E-state index is -1.26. The van der Waals surface area contributed by atoms with Crippen LogP contribution < -0.4 is 0 Å². The first-order valence-electron chi connectivity index (χ1n) is 4.70. The Bertz CT molecular complexity index is 593. The Morgan fingerprint density at radius 1 is 1.41 bits per heavy atom. The van der Waals surface area contributed by atoms with Crippen LogP contribution in [0.25, 0.3) is 11.3 Å². The third-order valence-electron chi connectivity index (χ3n) is 2.33. The maximum Gasteiger partial charge on any atom is 0.356 e. The Kier molecular flexibility index (Phi) is 2.63. The van der Waals surface area contributed by atoms with Gasteiger partial charge in [-0.15, -0.1) is 0 Å². The topological polar surface area (TPSA) is 55.1 Å². The van der Waals surface area contributed by atoms with Gasteiger partial charge in [0.25, 0.3) is 0 Å². The summed E-state index contributed by atoms with van der Waals surface area (Å²) in [6.45, 7) is 0. The minimum absolute atomic E-state index is 0.00352. The Hall–Kier alpha value is -2.24. The lowest BCUT2D eigenvalue weighted by molar-refractivity contribution is 0.0692. The molecule has 6 heteroatoms. The molecule has 17 heavy (non-hydrogen) atoms. The number of imidazole rings is 1. The number of carboxylic acids is 1. The molecule has 1 N–H and O–H groups in total. The number of nitrogens with zero attached hydrogens (tertiary/aromatic N) is 2. The van der Waals surface area contributed by atoms with Crippen LogP contribution in [-0.2, 0) is 7.05 Å². The number of halogens is 2. The van der Waals surface area contributed by atoms with Crippen LogP contribution in [0, 0.1) is 11.6 Å². The predicted octanol–water partition coefficient (Wildman–Crippen LogP) is 2.06. The summed E-state index contributed by atoms with van der Waals surface area (Å²) in [5.74, 6) is -2.80. The number of benzene rings is 1. The van der Waals surface area contributed by atoms with Gasteiger partial charge < -0.3 is 9.67 Å². The van der Waals surface area contributed by atoms with Crippen molar-refractivity contribution in [3.05, 3.63) is 41.9 Å². The summed E-state index contributed by atoms with van der Waals surface area (Å²) < 4.78 is 27.7. The van der Waals surface area contributed by atoms with Gasteiger partial charge in [0.15, 0.2) is 5.69 Å². The standard InChI is InChI=1S/C11H8F2N2O2/c1-15-5-14-9(11(16)17)10(15)7-3-2-6(12)4-8(7)13/h2-5H,1H3,(H,16,17). The monoisotopic (exact) mass is 238 g/mol. The van der Waals surface area contributed by atoms with Gasteiger partial charge in [-0.3, -0.25) is 0 Å². The van der Waals surface area contributed by atoms with Crippen molar-refractivity contribution >= 4 is 5.97 Å². The van der Waals surface area contributed by atoms with E-state index in [4.69, 9.17) is 5.11 Å². The first-order chi connectivity index (χ1) is 8.00. The number of hydrogen-bond acceptors (Lipinski definition) is 2. The summed E-state index contributed by atoms with van der Waals surface area (Å²) in [5, 5.41) is 8.91. The molecule has 0 aliphatic carbocycles. The maximum atomic E-state index is 13.6. The van der Waals surface area contributed by atoms with Gasteiger partial charge in [0.2, 0.25) is 0 Å². The fourth-order valence-corrected chi connectivity index (χ4v) is 1.59. The van der Waals surface area contributed by atoms with E-state index in [0.29, 0.717) is 6.07 Å². The molecule has 1 aromatic carbocycles. The van der Waals surface area contributed by atoms with Crippen molar-refractivity contribution in [2.75, 3.05) is 0 Å².